The molecule has 0 radical (unpaired) electrons. The Labute approximate surface area is 463 Å². The summed E-state index contributed by atoms with van der Waals surface area (Å²) >= 11 is 0. The third kappa shape index (κ3) is 14.5. The van der Waals surface area contributed by atoms with Crippen molar-refractivity contribution in [2.75, 3.05) is 61.5 Å². The first kappa shape index (κ1) is 63.0. The molecule has 2 aliphatic rings. The minimum absolute atomic E-state index is 0. The van der Waals surface area contributed by atoms with Gasteiger partial charge in [-0.05, 0) is 192 Å². The monoisotopic (exact) mass is 1110 g/mol. The van der Waals surface area contributed by atoms with E-state index < -0.39 is 26.0 Å². The van der Waals surface area contributed by atoms with Crippen molar-refractivity contribution in [1.82, 2.24) is 29.2 Å². The molecule has 2 aromatic heterocycles. The molecule has 8 rings (SSSR count). The number of nitrogens with zero attached hydrogens (tertiary/aromatic N) is 4. The smallest absolute Gasteiger partial charge is 0.340 e. The molecule has 2 aliphatic carbocycles. The summed E-state index contributed by atoms with van der Waals surface area (Å²) in [5.74, 6) is -1.29. The number of aryl methyl sites for hydroxylation is 2. The first-order valence-corrected chi connectivity index (χ1v) is 29.0. The molecule has 422 valence electrons. The van der Waals surface area contributed by atoms with Gasteiger partial charge in [0, 0.05) is 41.0 Å². The number of carbonyl (C=O) groups is 1. The lowest BCUT2D eigenvalue weighted by Crippen LogP contribution is -2.27. The number of aliphatic hydroxyl groups is 1. The molecule has 0 saturated carbocycles. The Morgan fingerprint density at radius 1 is 0.628 bits per heavy atom. The normalized spacial score (nSPS) is 13.0. The fourth-order valence-corrected chi connectivity index (χ4v) is 12.3. The standard InChI is InChI=1S/C30H36FN3O4S.C29H36FN3O3S.2CH4/c1-19(2)28-27(30(35)38-5)26(21-10-13-22(31)14-11-21)24-9-6-8-20-12-15-23(18-25(20)29(24)33-28)39(36,37)32-16-7-17-34(3)4;1-19(2)28-26(18-34)27(21-9-12-22(30)13-10-21)24-8-5-7-20-11-14-23(17-25(20)29(24)32-28)37(35,36)31-15-6-16-33(3)4;;/h10-15,18-19,32H,6-9,16-17H2,1-5H3;9-14,17,19,31,34H,5-8,15-16,18H2,1-4H3;2*1H4. The maximum Gasteiger partial charge on any atom is 0.340 e. The first-order chi connectivity index (χ1) is 36.1. The number of nitrogens with one attached hydrogen (secondary N) is 2. The number of pyridine rings is 2. The van der Waals surface area contributed by atoms with Gasteiger partial charge in [0.1, 0.15) is 11.6 Å². The van der Waals surface area contributed by atoms with Gasteiger partial charge in [-0.25, -0.2) is 39.9 Å². The second kappa shape index (κ2) is 27.4. The summed E-state index contributed by atoms with van der Waals surface area (Å²) in [6.07, 6.45) is 5.91. The van der Waals surface area contributed by atoms with Crippen molar-refractivity contribution in [3.05, 3.63) is 141 Å². The summed E-state index contributed by atoms with van der Waals surface area (Å²) in [5.41, 5.74) is 12.3. The molecular formula is C61H80F2N6O7S2. The van der Waals surface area contributed by atoms with E-state index in [2.05, 4.69) is 9.44 Å². The highest BCUT2D eigenvalue weighted by Gasteiger charge is 2.31. The van der Waals surface area contributed by atoms with Crippen molar-refractivity contribution < 1.29 is 40.3 Å². The number of halogens is 2. The number of sulfonamides is 2. The van der Waals surface area contributed by atoms with E-state index in [0.717, 1.165) is 107 Å². The van der Waals surface area contributed by atoms with Gasteiger partial charge in [-0.1, -0.05) is 78.9 Å². The van der Waals surface area contributed by atoms with Crippen molar-refractivity contribution in [3.8, 4) is 44.8 Å². The number of hydrogen-bond acceptors (Lipinski definition) is 11. The number of carbonyl (C=O) groups excluding carboxylic acids is 1. The fourth-order valence-electron chi connectivity index (χ4n) is 10.1. The van der Waals surface area contributed by atoms with Crippen LogP contribution in [0, 0.1) is 11.6 Å². The summed E-state index contributed by atoms with van der Waals surface area (Å²) < 4.78 is 90.9. The van der Waals surface area contributed by atoms with Gasteiger partial charge in [-0.3, -0.25) is 9.97 Å². The second-order valence-electron chi connectivity index (χ2n) is 20.7. The zero-order chi connectivity index (χ0) is 55.1. The Hall–Kier alpha value is -5.79. The van der Waals surface area contributed by atoms with Gasteiger partial charge in [0.05, 0.1) is 46.2 Å². The number of esters is 1. The zero-order valence-corrected chi connectivity index (χ0v) is 46.8. The van der Waals surface area contributed by atoms with Gasteiger partial charge in [-0.2, -0.15) is 0 Å². The predicted octanol–water partition coefficient (Wildman–Crippen LogP) is 11.3. The lowest BCUT2D eigenvalue weighted by atomic mass is 9.87. The highest BCUT2D eigenvalue weighted by molar-refractivity contribution is 7.89. The number of benzene rings is 4. The number of methoxy groups -OCH3 is 1. The summed E-state index contributed by atoms with van der Waals surface area (Å²) in [7, 11) is 1.72. The average Bonchev–Trinajstić information content (AvgIpc) is 3.71. The molecular weight excluding hydrogens is 1030 g/mol. The number of ether oxygens (including phenoxy) is 1. The van der Waals surface area contributed by atoms with Crippen molar-refractivity contribution in [2.45, 2.75) is 122 Å². The van der Waals surface area contributed by atoms with Crippen LogP contribution < -0.4 is 9.44 Å². The third-order valence-electron chi connectivity index (χ3n) is 13.9. The fraction of sp³-hybridized carbons (Fsp3) is 0.426. The van der Waals surface area contributed by atoms with Crippen LogP contribution in [0.3, 0.4) is 0 Å². The Morgan fingerprint density at radius 2 is 1.04 bits per heavy atom. The van der Waals surface area contributed by atoms with Gasteiger partial charge in [-0.15, -0.1) is 0 Å². The molecule has 0 bridgehead atoms. The van der Waals surface area contributed by atoms with E-state index in [0.29, 0.717) is 60.4 Å². The Bertz CT molecular complexity index is 3280. The summed E-state index contributed by atoms with van der Waals surface area (Å²) in [6, 6.07) is 22.9. The van der Waals surface area contributed by atoms with Crippen molar-refractivity contribution in [1.29, 1.82) is 0 Å². The van der Waals surface area contributed by atoms with Crippen LogP contribution in [0.4, 0.5) is 8.78 Å². The molecule has 4 aromatic carbocycles. The van der Waals surface area contributed by atoms with Crippen LogP contribution in [0.5, 0.6) is 0 Å². The summed E-state index contributed by atoms with van der Waals surface area (Å²) in [4.78, 5) is 27.6. The maximum absolute atomic E-state index is 13.9. The van der Waals surface area contributed by atoms with Crippen molar-refractivity contribution in [2.24, 2.45) is 0 Å². The quantitative estimate of drug-likeness (QED) is 0.0553. The van der Waals surface area contributed by atoms with Gasteiger partial charge >= 0.3 is 5.97 Å². The van der Waals surface area contributed by atoms with Crippen LogP contribution >= 0.6 is 0 Å². The topological polar surface area (TPSA) is 171 Å². The molecule has 13 nitrogen and oxygen atoms in total. The molecule has 6 aromatic rings. The number of aromatic nitrogens is 2. The minimum Gasteiger partial charge on any atom is -0.465 e. The van der Waals surface area contributed by atoms with Gasteiger partial charge in [0.2, 0.25) is 20.0 Å². The van der Waals surface area contributed by atoms with E-state index in [4.69, 9.17) is 14.7 Å². The molecule has 0 atom stereocenters. The van der Waals surface area contributed by atoms with E-state index in [9.17, 15) is 35.5 Å². The molecule has 0 spiro atoms. The molecule has 0 amide bonds. The first-order valence-electron chi connectivity index (χ1n) is 26.0. The highest BCUT2D eigenvalue weighted by atomic mass is 32.2. The number of aliphatic hydroxyl groups excluding tert-OH is 1. The van der Waals surface area contributed by atoms with Crippen LogP contribution in [0.25, 0.3) is 44.8 Å². The maximum atomic E-state index is 13.9. The molecule has 17 heteroatoms. The lowest BCUT2D eigenvalue weighted by Gasteiger charge is -2.22. The molecule has 78 heavy (non-hydrogen) atoms. The van der Waals surface area contributed by atoms with Crippen molar-refractivity contribution >= 4 is 26.0 Å². The summed E-state index contributed by atoms with van der Waals surface area (Å²) in [6.45, 7) is 10.0. The Morgan fingerprint density at radius 3 is 1.44 bits per heavy atom. The van der Waals surface area contributed by atoms with Crippen LogP contribution in [0.1, 0.15) is 130 Å². The minimum atomic E-state index is -3.74. The molecule has 0 fully saturated rings. The second-order valence-corrected chi connectivity index (χ2v) is 24.2. The van der Waals surface area contributed by atoms with E-state index in [1.165, 1.54) is 31.4 Å². The molecule has 3 N–H and O–H groups in total. The SMILES string of the molecule is C.C.CC(C)c1nc2c(c(-c3ccc(F)cc3)c1CO)CCCc1ccc(S(=O)(=O)NCCCN(C)C)cc1-2.COC(=O)c1c(C(C)C)nc2c(c1-c1ccc(F)cc1)CCCc1ccc(S(=O)(=O)NCCCN(C)C)cc1-2. The molecule has 0 saturated heterocycles. The zero-order valence-electron chi connectivity index (χ0n) is 45.2. The predicted molar refractivity (Wildman–Crippen MR) is 310 cm³/mol. The van der Waals surface area contributed by atoms with Crippen LogP contribution in [0.2, 0.25) is 0 Å². The van der Waals surface area contributed by atoms with Crippen LogP contribution in [-0.2, 0) is 57.1 Å². The molecule has 0 unspecified atom stereocenters. The highest BCUT2D eigenvalue weighted by Crippen LogP contribution is 2.44. The van der Waals surface area contributed by atoms with E-state index in [1.807, 2.05) is 77.8 Å². The summed E-state index contributed by atoms with van der Waals surface area (Å²) in [5, 5.41) is 10.4. The van der Waals surface area contributed by atoms with E-state index in [-0.39, 0.29) is 54.7 Å². The van der Waals surface area contributed by atoms with Gasteiger partial charge in [0.15, 0.2) is 0 Å². The number of hydrogen-bond donors (Lipinski definition) is 3. The van der Waals surface area contributed by atoms with Crippen LogP contribution in [-0.4, -0.2) is 109 Å². The number of rotatable bonds is 18. The van der Waals surface area contributed by atoms with E-state index in [1.54, 1.807) is 48.5 Å². The molecule has 0 aliphatic heterocycles. The average molecular weight is 1110 g/mol. The van der Waals surface area contributed by atoms with Gasteiger partial charge < -0.3 is 19.6 Å². The van der Waals surface area contributed by atoms with E-state index >= 15 is 0 Å². The van der Waals surface area contributed by atoms with Crippen LogP contribution in [0.15, 0.2) is 94.7 Å². The molecule has 2 heterocycles. The largest absolute Gasteiger partial charge is 0.465 e. The van der Waals surface area contributed by atoms with Gasteiger partial charge in [0.25, 0.3) is 0 Å². The number of fused-ring (bicyclic) bond motifs is 6. The Balaban J connectivity index is 0.000000281. The van der Waals surface area contributed by atoms with Crippen molar-refractivity contribution in [3.63, 3.8) is 0 Å². The third-order valence-corrected chi connectivity index (χ3v) is 16.8. The Kier molecular flexibility index (Phi) is 22.1. The lowest BCUT2D eigenvalue weighted by molar-refractivity contribution is 0.0599.